The molecule has 0 saturated carbocycles. The maximum Gasteiger partial charge on any atom is 0.122 e. The highest BCUT2D eigenvalue weighted by Gasteiger charge is 2.19. The van der Waals surface area contributed by atoms with Crippen LogP contribution in [0, 0.1) is 0 Å². The van der Waals surface area contributed by atoms with Crippen molar-refractivity contribution in [3.05, 3.63) is 113 Å². The summed E-state index contributed by atoms with van der Waals surface area (Å²) in [6.07, 6.45) is 17.1. The second-order valence-electron chi connectivity index (χ2n) is 9.62. The monoisotopic (exact) mass is 646 g/mol. The largest absolute Gasteiger partial charge is 0.497 e. The van der Waals surface area contributed by atoms with Crippen molar-refractivity contribution in [1.82, 2.24) is 8.01 Å². The molecule has 0 N–H and O–H groups in total. The van der Waals surface area contributed by atoms with Crippen molar-refractivity contribution in [2.24, 2.45) is 0 Å². The summed E-state index contributed by atoms with van der Waals surface area (Å²) in [6.45, 7) is 8.69. The van der Waals surface area contributed by atoms with Crippen molar-refractivity contribution < 1.29 is 18.6 Å². The molecule has 0 aromatic heterocycles. The Labute approximate surface area is 247 Å². The fourth-order valence-corrected chi connectivity index (χ4v) is 4.98. The van der Waals surface area contributed by atoms with E-state index in [9.17, 15) is 4.39 Å². The number of hydrogen-bond acceptors (Lipinski definition) is 5. The van der Waals surface area contributed by atoms with Gasteiger partial charge >= 0.3 is 0 Å². The van der Waals surface area contributed by atoms with Crippen LogP contribution in [0.4, 0.5) is 4.39 Å². The summed E-state index contributed by atoms with van der Waals surface area (Å²) in [5.74, 6) is 2.60. The number of allylic oxidation sites excluding steroid dienone is 5. The van der Waals surface area contributed by atoms with Gasteiger partial charge in [-0.1, -0.05) is 43.0 Å². The molecule has 3 rings (SSSR count). The van der Waals surface area contributed by atoms with E-state index in [1.165, 1.54) is 11.1 Å². The Hall–Kier alpha value is -2.78. The van der Waals surface area contributed by atoms with Crippen LogP contribution < -0.4 is 4.74 Å². The van der Waals surface area contributed by atoms with Crippen molar-refractivity contribution >= 4 is 22.9 Å². The Kier molecular flexibility index (Phi) is 12.4. The fraction of sp³-hybridized carbons (Fsp3) is 0.375. The number of methoxy groups -OCH3 is 3. The first-order valence-corrected chi connectivity index (χ1v) is 14.1. The number of hydrogen-bond donors (Lipinski definition) is 0. The standard InChI is InChI=1S/C32H40FIN2O3/c1-24(32(39-5)19-6-25(2)36(34)23-27-7-11-28(33)12-8-27)20-21-35(29-13-17-31(38-4)18-14-29)22-26-9-15-30(37-3)16-10-26/h6-11,13,15-19,28-29H,2,12,14,20-23H2,1,3-5H3/b19-6-,32-24-. The molecule has 1 aromatic rings. The lowest BCUT2D eigenvalue weighted by Gasteiger charge is -2.31. The van der Waals surface area contributed by atoms with E-state index in [2.05, 4.69) is 71.6 Å². The van der Waals surface area contributed by atoms with Crippen LogP contribution in [0.3, 0.4) is 0 Å². The SMILES string of the molecule is C=C(/C=C\C(OC)=C(/C)CCN(Cc1ccc(OC)cc1)C1C=CC(OC)=CC1)N(I)CC1=CCC(F)C=C1. The number of benzene rings is 1. The van der Waals surface area contributed by atoms with Gasteiger partial charge in [-0.15, -0.1) is 0 Å². The molecule has 210 valence electrons. The second kappa shape index (κ2) is 15.7. The molecule has 5 nitrogen and oxygen atoms in total. The molecule has 0 radical (unpaired) electrons. The predicted molar refractivity (Wildman–Crippen MR) is 166 cm³/mol. The Morgan fingerprint density at radius 1 is 1.03 bits per heavy atom. The zero-order valence-electron chi connectivity index (χ0n) is 23.4. The Morgan fingerprint density at radius 3 is 2.38 bits per heavy atom. The van der Waals surface area contributed by atoms with Crippen LogP contribution in [-0.4, -0.2) is 54.6 Å². The van der Waals surface area contributed by atoms with Crippen LogP contribution >= 0.6 is 22.9 Å². The molecule has 0 saturated heterocycles. The van der Waals surface area contributed by atoms with Crippen molar-refractivity contribution in [2.75, 3.05) is 34.4 Å². The molecule has 0 aliphatic heterocycles. The number of nitrogens with zero attached hydrogens (tertiary/aromatic N) is 2. The second-order valence-corrected chi connectivity index (χ2v) is 10.8. The van der Waals surface area contributed by atoms with Crippen LogP contribution in [0.1, 0.15) is 31.7 Å². The van der Waals surface area contributed by atoms with E-state index in [1.807, 2.05) is 39.6 Å². The quantitative estimate of drug-likeness (QED) is 0.0900. The minimum absolute atomic E-state index is 0.281. The lowest BCUT2D eigenvalue weighted by atomic mass is 10.0. The van der Waals surface area contributed by atoms with Crippen molar-refractivity contribution in [3.63, 3.8) is 0 Å². The highest BCUT2D eigenvalue weighted by Crippen LogP contribution is 2.23. The van der Waals surface area contributed by atoms with Crippen LogP contribution in [0.2, 0.25) is 0 Å². The maximum atomic E-state index is 13.4. The van der Waals surface area contributed by atoms with Gasteiger partial charge in [0.1, 0.15) is 23.4 Å². The van der Waals surface area contributed by atoms with Crippen molar-refractivity contribution in [3.8, 4) is 5.75 Å². The number of rotatable bonds is 14. The minimum Gasteiger partial charge on any atom is -0.497 e. The third kappa shape index (κ3) is 9.72. The maximum absolute atomic E-state index is 13.4. The van der Waals surface area contributed by atoms with Gasteiger partial charge < -0.3 is 17.3 Å². The van der Waals surface area contributed by atoms with Gasteiger partial charge in [-0.3, -0.25) is 4.90 Å². The van der Waals surface area contributed by atoms with Crippen LogP contribution in [-0.2, 0) is 16.0 Å². The Balaban J connectivity index is 1.65. The van der Waals surface area contributed by atoms with E-state index in [-0.39, 0.29) is 6.04 Å². The number of ether oxygens (including phenoxy) is 3. The minimum atomic E-state index is -0.877. The first kappa shape index (κ1) is 30.8. The topological polar surface area (TPSA) is 34.2 Å². The molecule has 2 aliphatic carbocycles. The zero-order chi connectivity index (χ0) is 28.2. The molecule has 0 heterocycles. The van der Waals surface area contributed by atoms with E-state index >= 15 is 0 Å². The van der Waals surface area contributed by atoms with Crippen LogP contribution in [0.15, 0.2) is 108 Å². The summed E-state index contributed by atoms with van der Waals surface area (Å²) in [5.41, 5.74) is 4.35. The summed E-state index contributed by atoms with van der Waals surface area (Å²) in [6, 6.07) is 8.54. The number of alkyl halides is 1. The molecule has 2 atom stereocenters. The van der Waals surface area contributed by atoms with Gasteiger partial charge in [0.15, 0.2) is 0 Å². The van der Waals surface area contributed by atoms with Crippen molar-refractivity contribution in [1.29, 1.82) is 0 Å². The highest BCUT2D eigenvalue weighted by atomic mass is 127. The smallest absolute Gasteiger partial charge is 0.122 e. The highest BCUT2D eigenvalue weighted by molar-refractivity contribution is 14.1. The summed E-state index contributed by atoms with van der Waals surface area (Å²) < 4.78 is 31.8. The normalized spacial score (nSPS) is 19.5. The predicted octanol–water partition coefficient (Wildman–Crippen LogP) is 7.61. The van der Waals surface area contributed by atoms with Crippen LogP contribution in [0.5, 0.6) is 5.75 Å². The van der Waals surface area contributed by atoms with Gasteiger partial charge in [0, 0.05) is 31.2 Å². The molecule has 0 spiro atoms. The van der Waals surface area contributed by atoms with Gasteiger partial charge in [-0.25, -0.2) is 4.39 Å². The summed E-state index contributed by atoms with van der Waals surface area (Å²) >= 11 is 2.24. The van der Waals surface area contributed by atoms with Gasteiger partial charge in [-0.05, 0) is 72.9 Å². The molecule has 2 unspecified atom stereocenters. The average molecular weight is 647 g/mol. The first-order valence-electron chi connectivity index (χ1n) is 13.2. The summed E-state index contributed by atoms with van der Waals surface area (Å²) in [5, 5.41) is 0. The Bertz CT molecular complexity index is 1150. The molecule has 0 amide bonds. The summed E-state index contributed by atoms with van der Waals surface area (Å²) in [4.78, 5) is 2.49. The van der Waals surface area contributed by atoms with E-state index in [1.54, 1.807) is 27.4 Å². The molecular formula is C32H40FIN2O3. The molecule has 39 heavy (non-hydrogen) atoms. The lowest BCUT2D eigenvalue weighted by molar-refractivity contribution is 0.215. The molecular weight excluding hydrogens is 606 g/mol. The van der Waals surface area contributed by atoms with Gasteiger partial charge in [0.2, 0.25) is 0 Å². The van der Waals surface area contributed by atoms with Crippen molar-refractivity contribution in [2.45, 2.75) is 44.9 Å². The molecule has 0 bridgehead atoms. The fourth-order valence-electron chi connectivity index (χ4n) is 4.43. The Morgan fingerprint density at radius 2 is 1.79 bits per heavy atom. The average Bonchev–Trinajstić information content (AvgIpc) is 2.97. The van der Waals surface area contributed by atoms with E-state index in [4.69, 9.17) is 14.2 Å². The third-order valence-corrected chi connectivity index (χ3v) is 7.85. The van der Waals surface area contributed by atoms with Gasteiger partial charge in [0.25, 0.3) is 0 Å². The lowest BCUT2D eigenvalue weighted by Crippen LogP contribution is -2.35. The first-order chi connectivity index (χ1) is 18.8. The van der Waals surface area contributed by atoms with E-state index < -0.39 is 6.17 Å². The molecule has 0 fully saturated rings. The number of halogens is 2. The van der Waals surface area contributed by atoms with E-state index in [0.29, 0.717) is 13.0 Å². The zero-order valence-corrected chi connectivity index (χ0v) is 25.6. The summed E-state index contributed by atoms with van der Waals surface area (Å²) in [7, 11) is 5.09. The van der Waals surface area contributed by atoms with Crippen LogP contribution in [0.25, 0.3) is 0 Å². The van der Waals surface area contributed by atoms with Gasteiger partial charge in [-0.2, -0.15) is 0 Å². The van der Waals surface area contributed by atoms with Gasteiger partial charge in [0.05, 0.1) is 50.7 Å². The third-order valence-electron chi connectivity index (χ3n) is 6.89. The molecule has 1 aromatic carbocycles. The van der Waals surface area contributed by atoms with E-state index in [0.717, 1.165) is 54.5 Å². The molecule has 2 aliphatic rings. The molecule has 7 heteroatoms.